The zero-order chi connectivity index (χ0) is 23.2. The molecule has 0 spiro atoms. The van der Waals surface area contributed by atoms with E-state index in [1.54, 1.807) is 18.7 Å². The smallest absolute Gasteiger partial charge is 0.341 e. The molecule has 172 valence electrons. The molecule has 0 aliphatic carbocycles. The highest BCUT2D eigenvalue weighted by molar-refractivity contribution is 6.03. The van der Waals surface area contributed by atoms with Gasteiger partial charge in [0, 0.05) is 19.6 Å². The maximum absolute atomic E-state index is 13.7. The van der Waals surface area contributed by atoms with Gasteiger partial charge in [0.25, 0.3) is 5.91 Å². The van der Waals surface area contributed by atoms with Crippen LogP contribution in [0.2, 0.25) is 0 Å². The number of carbonyl (C=O) groups is 3. The summed E-state index contributed by atoms with van der Waals surface area (Å²) < 4.78 is 41.0. The molecule has 0 unspecified atom stereocenters. The molecule has 0 saturated carbocycles. The number of halogens is 3. The Balaban J connectivity index is 1.73. The molecule has 3 heterocycles. The van der Waals surface area contributed by atoms with Gasteiger partial charge in [0.1, 0.15) is 6.04 Å². The SMILES string of the molecule is CCN1C(=O)N[C@H](c2ccccc2C(F)(F)F)C2=C1CN([C@@H](C)C(=O)N1CCCC1)C2=O. The van der Waals surface area contributed by atoms with E-state index in [0.717, 1.165) is 18.9 Å². The summed E-state index contributed by atoms with van der Waals surface area (Å²) in [7, 11) is 0. The van der Waals surface area contributed by atoms with Crippen molar-refractivity contribution in [3.8, 4) is 0 Å². The molecule has 1 N–H and O–H groups in total. The highest BCUT2D eigenvalue weighted by Crippen LogP contribution is 2.42. The van der Waals surface area contributed by atoms with Gasteiger partial charge in [-0.05, 0) is 38.3 Å². The van der Waals surface area contributed by atoms with Crippen molar-refractivity contribution in [1.29, 1.82) is 0 Å². The Kier molecular flexibility index (Phi) is 5.64. The topological polar surface area (TPSA) is 73.0 Å². The molecular weight excluding hydrogens is 425 g/mol. The maximum atomic E-state index is 13.7. The van der Waals surface area contributed by atoms with Crippen molar-refractivity contribution in [3.05, 3.63) is 46.7 Å². The Labute approximate surface area is 183 Å². The zero-order valence-electron chi connectivity index (χ0n) is 17.9. The summed E-state index contributed by atoms with van der Waals surface area (Å²) in [5.74, 6) is -0.717. The van der Waals surface area contributed by atoms with Crippen LogP contribution in [0.5, 0.6) is 0 Å². The number of likely N-dealkylation sites (tertiary alicyclic amines) is 1. The predicted molar refractivity (Wildman–Crippen MR) is 109 cm³/mol. The van der Waals surface area contributed by atoms with Gasteiger partial charge in [0.15, 0.2) is 0 Å². The van der Waals surface area contributed by atoms with E-state index in [2.05, 4.69) is 5.32 Å². The molecule has 10 heteroatoms. The van der Waals surface area contributed by atoms with Crippen LogP contribution in [0.3, 0.4) is 0 Å². The van der Waals surface area contributed by atoms with E-state index in [1.807, 2.05) is 0 Å². The summed E-state index contributed by atoms with van der Waals surface area (Å²) in [5, 5.41) is 2.58. The van der Waals surface area contributed by atoms with E-state index >= 15 is 0 Å². The lowest BCUT2D eigenvalue weighted by molar-refractivity contribution is -0.141. The third kappa shape index (κ3) is 3.61. The first kappa shape index (κ1) is 22.2. The summed E-state index contributed by atoms with van der Waals surface area (Å²) in [4.78, 5) is 43.5. The molecule has 1 aromatic carbocycles. The summed E-state index contributed by atoms with van der Waals surface area (Å²) in [6.45, 7) is 4.85. The average Bonchev–Trinajstić information content (AvgIpc) is 3.40. The highest BCUT2D eigenvalue weighted by atomic mass is 19.4. The molecule has 0 bridgehead atoms. The van der Waals surface area contributed by atoms with E-state index in [0.29, 0.717) is 18.8 Å². The number of benzene rings is 1. The standard InChI is InChI=1S/C22H25F3N4O3/c1-3-28-16-12-29(13(2)19(30)27-10-6-7-11-27)20(31)17(16)18(26-21(28)32)14-8-4-5-9-15(14)22(23,24)25/h4-5,8-9,13,18H,3,6-7,10-12H2,1-2H3,(H,26,32)/t13-,18+/m0/s1. The van der Waals surface area contributed by atoms with Crippen LogP contribution in [-0.4, -0.2) is 64.8 Å². The molecule has 0 radical (unpaired) electrons. The number of carbonyl (C=O) groups excluding carboxylic acids is 3. The van der Waals surface area contributed by atoms with Crippen molar-refractivity contribution in [2.45, 2.75) is 44.9 Å². The summed E-state index contributed by atoms with van der Waals surface area (Å²) in [6.07, 6.45) is -2.84. The Bertz CT molecular complexity index is 985. The molecule has 4 rings (SSSR count). The average molecular weight is 450 g/mol. The number of hydrogen-bond acceptors (Lipinski definition) is 3. The molecule has 1 aromatic rings. The highest BCUT2D eigenvalue weighted by Gasteiger charge is 2.48. The number of hydrogen-bond donors (Lipinski definition) is 1. The van der Waals surface area contributed by atoms with Gasteiger partial charge in [-0.1, -0.05) is 18.2 Å². The first-order chi connectivity index (χ1) is 15.1. The molecular formula is C22H25F3N4O3. The second-order valence-electron chi connectivity index (χ2n) is 8.21. The third-order valence-corrected chi connectivity index (χ3v) is 6.39. The van der Waals surface area contributed by atoms with Crippen LogP contribution in [0.4, 0.5) is 18.0 Å². The predicted octanol–water partition coefficient (Wildman–Crippen LogP) is 2.90. The molecule has 32 heavy (non-hydrogen) atoms. The fourth-order valence-corrected chi connectivity index (χ4v) is 4.74. The van der Waals surface area contributed by atoms with Gasteiger partial charge in [-0.15, -0.1) is 0 Å². The van der Waals surface area contributed by atoms with Gasteiger partial charge in [-0.2, -0.15) is 13.2 Å². The van der Waals surface area contributed by atoms with E-state index in [-0.39, 0.29) is 30.1 Å². The Morgan fingerprint density at radius 2 is 1.84 bits per heavy atom. The fraction of sp³-hybridized carbons (Fsp3) is 0.500. The van der Waals surface area contributed by atoms with Crippen LogP contribution >= 0.6 is 0 Å². The number of alkyl halides is 3. The minimum Gasteiger partial charge on any atom is -0.341 e. The summed E-state index contributed by atoms with van der Waals surface area (Å²) >= 11 is 0. The van der Waals surface area contributed by atoms with Gasteiger partial charge in [-0.25, -0.2) is 4.79 Å². The van der Waals surface area contributed by atoms with Crippen molar-refractivity contribution < 1.29 is 27.6 Å². The van der Waals surface area contributed by atoms with Crippen molar-refractivity contribution >= 4 is 17.8 Å². The zero-order valence-corrected chi connectivity index (χ0v) is 17.9. The molecule has 1 saturated heterocycles. The van der Waals surface area contributed by atoms with Crippen LogP contribution in [0.15, 0.2) is 35.5 Å². The summed E-state index contributed by atoms with van der Waals surface area (Å²) in [5.41, 5.74) is -0.659. The molecule has 7 nitrogen and oxygen atoms in total. The Morgan fingerprint density at radius 1 is 1.19 bits per heavy atom. The second kappa shape index (κ2) is 8.14. The van der Waals surface area contributed by atoms with E-state index in [9.17, 15) is 27.6 Å². The quantitative estimate of drug-likeness (QED) is 0.767. The molecule has 3 aliphatic heterocycles. The van der Waals surface area contributed by atoms with Gasteiger partial charge in [0.2, 0.25) is 5.91 Å². The van der Waals surface area contributed by atoms with Crippen LogP contribution in [0.1, 0.15) is 43.9 Å². The lowest BCUT2D eigenvalue weighted by Gasteiger charge is -2.33. The maximum Gasteiger partial charge on any atom is 0.416 e. The second-order valence-corrected chi connectivity index (χ2v) is 8.21. The van der Waals surface area contributed by atoms with E-state index < -0.39 is 35.8 Å². The van der Waals surface area contributed by atoms with Crippen molar-refractivity contribution in [2.75, 3.05) is 26.2 Å². The first-order valence-corrected chi connectivity index (χ1v) is 10.7. The third-order valence-electron chi connectivity index (χ3n) is 6.39. The Morgan fingerprint density at radius 3 is 2.47 bits per heavy atom. The number of nitrogens with zero attached hydrogens (tertiary/aromatic N) is 3. The first-order valence-electron chi connectivity index (χ1n) is 10.7. The summed E-state index contributed by atoms with van der Waals surface area (Å²) in [6, 6.07) is 2.33. The van der Waals surface area contributed by atoms with Crippen molar-refractivity contribution in [2.24, 2.45) is 0 Å². The minimum absolute atomic E-state index is 0.000851. The number of rotatable bonds is 4. The largest absolute Gasteiger partial charge is 0.416 e. The Hall–Kier alpha value is -3.04. The molecule has 0 aromatic heterocycles. The fourth-order valence-electron chi connectivity index (χ4n) is 4.74. The van der Waals surface area contributed by atoms with Crippen LogP contribution < -0.4 is 5.32 Å². The van der Waals surface area contributed by atoms with Crippen molar-refractivity contribution in [3.63, 3.8) is 0 Å². The van der Waals surface area contributed by atoms with Crippen molar-refractivity contribution in [1.82, 2.24) is 20.0 Å². The van der Waals surface area contributed by atoms with Gasteiger partial charge >= 0.3 is 12.2 Å². The van der Waals surface area contributed by atoms with Gasteiger partial charge < -0.3 is 15.1 Å². The number of urea groups is 1. The lowest BCUT2D eigenvalue weighted by Crippen LogP contribution is -2.47. The molecule has 4 amide bonds. The lowest BCUT2D eigenvalue weighted by atomic mass is 9.91. The van der Waals surface area contributed by atoms with Gasteiger partial charge in [0.05, 0.1) is 29.4 Å². The molecule has 1 fully saturated rings. The molecule has 3 aliphatic rings. The minimum atomic E-state index is -4.65. The number of likely N-dealkylation sites (N-methyl/N-ethyl adjacent to an activating group) is 1. The van der Waals surface area contributed by atoms with Crippen LogP contribution in [0.25, 0.3) is 0 Å². The van der Waals surface area contributed by atoms with Crippen LogP contribution in [0, 0.1) is 0 Å². The number of nitrogens with one attached hydrogen (secondary N) is 1. The van der Waals surface area contributed by atoms with Gasteiger partial charge in [-0.3, -0.25) is 14.5 Å². The molecule has 2 atom stereocenters. The monoisotopic (exact) mass is 450 g/mol. The van der Waals surface area contributed by atoms with Crippen LogP contribution in [-0.2, 0) is 15.8 Å². The normalized spacial score (nSPS) is 22.4. The number of amides is 4. The van der Waals surface area contributed by atoms with E-state index in [4.69, 9.17) is 0 Å². The van der Waals surface area contributed by atoms with E-state index in [1.165, 1.54) is 28.0 Å².